The molecular formula is C16H14N6O2S2. The molecule has 4 rings (SSSR count). The SMILES string of the molecule is CS(=O)(=O)Nc1cncc(-c2nnc(Nc3ccc4c(c3)C=NC4)s2)c1. The Morgan fingerprint density at radius 2 is 2.00 bits per heavy atom. The van der Waals surface area contributed by atoms with Crippen LogP contribution in [0.25, 0.3) is 10.6 Å². The average Bonchev–Trinajstić information content (AvgIpc) is 3.22. The van der Waals surface area contributed by atoms with Gasteiger partial charge < -0.3 is 5.32 Å². The molecule has 3 aromatic rings. The van der Waals surface area contributed by atoms with Gasteiger partial charge in [0.05, 0.1) is 24.7 Å². The molecule has 2 N–H and O–H groups in total. The standard InChI is InChI=1S/C16H14N6O2S2/c1-26(23,24)22-14-5-12(8-18-9-14)15-20-21-16(25-15)19-13-3-2-10-6-17-7-11(10)4-13/h2-5,7-9,22H,6H2,1H3,(H,19,21). The van der Waals surface area contributed by atoms with Crippen LogP contribution in [0.5, 0.6) is 0 Å². The number of pyridine rings is 1. The van der Waals surface area contributed by atoms with E-state index in [9.17, 15) is 8.42 Å². The molecule has 10 heteroatoms. The molecule has 0 unspecified atom stereocenters. The molecule has 0 saturated heterocycles. The van der Waals surface area contributed by atoms with Crippen LogP contribution in [0.1, 0.15) is 11.1 Å². The Bertz CT molecular complexity index is 1110. The lowest BCUT2D eigenvalue weighted by Gasteiger charge is -2.04. The summed E-state index contributed by atoms with van der Waals surface area (Å²) in [5.41, 5.74) is 4.28. The number of sulfonamides is 1. The lowest BCUT2D eigenvalue weighted by Crippen LogP contribution is -2.09. The number of nitrogens with zero attached hydrogens (tertiary/aromatic N) is 4. The number of anilines is 3. The van der Waals surface area contributed by atoms with Crippen molar-refractivity contribution in [2.45, 2.75) is 6.54 Å². The van der Waals surface area contributed by atoms with Gasteiger partial charge in [-0.2, -0.15) is 0 Å². The van der Waals surface area contributed by atoms with Crippen molar-refractivity contribution < 1.29 is 8.42 Å². The van der Waals surface area contributed by atoms with E-state index in [2.05, 4.69) is 30.2 Å². The van der Waals surface area contributed by atoms with E-state index in [1.54, 1.807) is 12.3 Å². The summed E-state index contributed by atoms with van der Waals surface area (Å²) in [5, 5.41) is 12.8. The van der Waals surface area contributed by atoms with Gasteiger partial charge in [0.15, 0.2) is 5.01 Å². The molecule has 1 aliphatic rings. The lowest BCUT2D eigenvalue weighted by atomic mass is 10.1. The Kier molecular flexibility index (Phi) is 4.13. The van der Waals surface area contributed by atoms with Gasteiger partial charge in [-0.25, -0.2) is 8.42 Å². The molecule has 26 heavy (non-hydrogen) atoms. The molecule has 0 atom stereocenters. The van der Waals surface area contributed by atoms with Gasteiger partial charge in [0.1, 0.15) is 0 Å². The molecule has 0 aliphatic carbocycles. The molecule has 0 bridgehead atoms. The third-order valence-corrected chi connectivity index (χ3v) is 5.10. The molecule has 132 valence electrons. The summed E-state index contributed by atoms with van der Waals surface area (Å²) < 4.78 is 25.1. The maximum absolute atomic E-state index is 11.4. The third-order valence-electron chi connectivity index (χ3n) is 3.60. The van der Waals surface area contributed by atoms with Crippen molar-refractivity contribution in [2.24, 2.45) is 4.99 Å². The summed E-state index contributed by atoms with van der Waals surface area (Å²) in [5.74, 6) is 0. The quantitative estimate of drug-likeness (QED) is 0.698. The summed E-state index contributed by atoms with van der Waals surface area (Å²) in [6, 6.07) is 7.71. The smallest absolute Gasteiger partial charge is 0.229 e. The van der Waals surface area contributed by atoms with Gasteiger partial charge in [0.25, 0.3) is 0 Å². The predicted octanol–water partition coefficient (Wildman–Crippen LogP) is 2.65. The molecule has 0 amide bonds. The second kappa shape index (κ2) is 6.46. The number of benzene rings is 1. The predicted molar refractivity (Wildman–Crippen MR) is 103 cm³/mol. The second-order valence-corrected chi connectivity index (χ2v) is 8.48. The van der Waals surface area contributed by atoms with Crippen LogP contribution in [-0.4, -0.2) is 36.1 Å². The normalized spacial score (nSPS) is 12.8. The van der Waals surface area contributed by atoms with E-state index in [0.717, 1.165) is 24.1 Å². The number of hydrogen-bond donors (Lipinski definition) is 2. The number of hydrogen-bond acceptors (Lipinski definition) is 8. The van der Waals surface area contributed by atoms with Crippen LogP contribution in [0.3, 0.4) is 0 Å². The van der Waals surface area contributed by atoms with E-state index in [1.165, 1.54) is 23.1 Å². The number of rotatable bonds is 5. The van der Waals surface area contributed by atoms with Crippen LogP contribution in [0.2, 0.25) is 0 Å². The first-order valence-electron chi connectivity index (χ1n) is 7.63. The van der Waals surface area contributed by atoms with E-state index >= 15 is 0 Å². The topological polar surface area (TPSA) is 109 Å². The first kappa shape index (κ1) is 16.6. The van der Waals surface area contributed by atoms with Crippen molar-refractivity contribution in [3.8, 4) is 10.6 Å². The monoisotopic (exact) mass is 386 g/mol. The summed E-state index contributed by atoms with van der Waals surface area (Å²) >= 11 is 1.36. The first-order valence-corrected chi connectivity index (χ1v) is 10.3. The average molecular weight is 386 g/mol. The summed E-state index contributed by atoms with van der Waals surface area (Å²) in [7, 11) is -3.36. The third kappa shape index (κ3) is 3.70. The highest BCUT2D eigenvalue weighted by molar-refractivity contribution is 7.92. The highest BCUT2D eigenvalue weighted by Gasteiger charge is 2.11. The van der Waals surface area contributed by atoms with Crippen LogP contribution in [0.4, 0.5) is 16.5 Å². The van der Waals surface area contributed by atoms with E-state index in [1.807, 2.05) is 24.4 Å². The van der Waals surface area contributed by atoms with Gasteiger partial charge in [-0.1, -0.05) is 17.4 Å². The van der Waals surface area contributed by atoms with E-state index in [4.69, 9.17) is 0 Å². The fourth-order valence-corrected chi connectivity index (χ4v) is 3.80. The Morgan fingerprint density at radius 3 is 2.85 bits per heavy atom. The second-order valence-electron chi connectivity index (χ2n) is 5.76. The van der Waals surface area contributed by atoms with Crippen molar-refractivity contribution in [1.82, 2.24) is 15.2 Å². The molecule has 0 saturated carbocycles. The Labute approximate surface area is 154 Å². The summed E-state index contributed by atoms with van der Waals surface area (Å²) in [4.78, 5) is 8.30. The van der Waals surface area contributed by atoms with E-state index < -0.39 is 10.0 Å². The van der Waals surface area contributed by atoms with Gasteiger partial charge in [-0.15, -0.1) is 10.2 Å². The number of aliphatic imine (C=N–C) groups is 1. The molecular weight excluding hydrogens is 372 g/mol. The molecule has 8 nitrogen and oxygen atoms in total. The van der Waals surface area contributed by atoms with Crippen molar-refractivity contribution in [3.05, 3.63) is 47.8 Å². The van der Waals surface area contributed by atoms with Crippen LogP contribution in [0, 0.1) is 0 Å². The van der Waals surface area contributed by atoms with Gasteiger partial charge >= 0.3 is 0 Å². The van der Waals surface area contributed by atoms with Crippen molar-refractivity contribution in [3.63, 3.8) is 0 Å². The Balaban J connectivity index is 1.55. The van der Waals surface area contributed by atoms with Crippen LogP contribution in [0.15, 0.2) is 41.7 Å². The fraction of sp³-hybridized carbons (Fsp3) is 0.125. The molecule has 1 aromatic carbocycles. The maximum Gasteiger partial charge on any atom is 0.229 e. The minimum Gasteiger partial charge on any atom is -0.330 e. The zero-order chi connectivity index (χ0) is 18.1. The van der Waals surface area contributed by atoms with Gasteiger partial charge in [-0.05, 0) is 29.3 Å². The first-order chi connectivity index (χ1) is 12.5. The zero-order valence-corrected chi connectivity index (χ0v) is 15.3. The van der Waals surface area contributed by atoms with E-state index in [-0.39, 0.29) is 0 Å². The van der Waals surface area contributed by atoms with Crippen LogP contribution < -0.4 is 10.0 Å². The zero-order valence-electron chi connectivity index (χ0n) is 13.7. The summed E-state index contributed by atoms with van der Waals surface area (Å²) in [6.45, 7) is 0.726. The Hall–Kier alpha value is -2.85. The highest BCUT2D eigenvalue weighted by Crippen LogP contribution is 2.30. The van der Waals surface area contributed by atoms with Crippen molar-refractivity contribution in [2.75, 3.05) is 16.3 Å². The highest BCUT2D eigenvalue weighted by atomic mass is 32.2. The fourth-order valence-electron chi connectivity index (χ4n) is 2.52. The minimum absolute atomic E-state index is 0.382. The molecule has 3 heterocycles. The Morgan fingerprint density at radius 1 is 1.12 bits per heavy atom. The summed E-state index contributed by atoms with van der Waals surface area (Å²) in [6.07, 6.45) is 6.01. The maximum atomic E-state index is 11.4. The molecule has 1 aliphatic heterocycles. The van der Waals surface area contributed by atoms with Crippen LogP contribution in [-0.2, 0) is 16.6 Å². The number of fused-ring (bicyclic) bond motifs is 1. The largest absolute Gasteiger partial charge is 0.330 e. The lowest BCUT2D eigenvalue weighted by molar-refractivity contribution is 0.607. The van der Waals surface area contributed by atoms with Crippen molar-refractivity contribution in [1.29, 1.82) is 0 Å². The number of aromatic nitrogens is 3. The van der Waals surface area contributed by atoms with Crippen LogP contribution >= 0.6 is 11.3 Å². The van der Waals surface area contributed by atoms with E-state index in [0.29, 0.717) is 21.4 Å². The molecule has 0 spiro atoms. The minimum atomic E-state index is -3.36. The molecule has 0 radical (unpaired) electrons. The molecule has 0 fully saturated rings. The number of nitrogens with one attached hydrogen (secondary N) is 2. The van der Waals surface area contributed by atoms with Crippen molar-refractivity contribution >= 4 is 44.1 Å². The van der Waals surface area contributed by atoms with Gasteiger partial charge in [0.2, 0.25) is 15.2 Å². The van der Waals surface area contributed by atoms with Gasteiger partial charge in [0, 0.05) is 23.7 Å². The molecule has 2 aromatic heterocycles. The van der Waals surface area contributed by atoms with Gasteiger partial charge in [-0.3, -0.25) is 14.7 Å².